The van der Waals surface area contributed by atoms with Crippen molar-refractivity contribution in [2.45, 2.75) is 57.8 Å². The van der Waals surface area contributed by atoms with E-state index >= 15 is 0 Å². The van der Waals surface area contributed by atoms with Crippen molar-refractivity contribution in [2.75, 3.05) is 0 Å². The van der Waals surface area contributed by atoms with Crippen molar-refractivity contribution in [1.82, 2.24) is 0 Å². The molecular weight excluding hydrogens is 324 g/mol. The summed E-state index contributed by atoms with van der Waals surface area (Å²) in [6.07, 6.45) is 9.00. The van der Waals surface area contributed by atoms with Crippen molar-refractivity contribution >= 4 is 0 Å². The van der Waals surface area contributed by atoms with Crippen LogP contribution in [0, 0.1) is 0 Å². The second-order valence-corrected chi connectivity index (χ2v) is 7.92. The highest BCUT2D eigenvalue weighted by Crippen LogP contribution is 2.34. The predicted molar refractivity (Wildman–Crippen MR) is 116 cm³/mol. The third-order valence-electron chi connectivity index (χ3n) is 6.04. The average molecular weight is 355 g/mol. The molecule has 1 atom stereocenters. The lowest BCUT2D eigenvalue weighted by Gasteiger charge is -2.22. The Kier molecular flexibility index (Phi) is 5.72. The van der Waals surface area contributed by atoms with Crippen molar-refractivity contribution < 1.29 is 0 Å². The first-order valence-corrected chi connectivity index (χ1v) is 10.6. The van der Waals surface area contributed by atoms with E-state index in [9.17, 15) is 0 Å². The first-order valence-electron chi connectivity index (χ1n) is 10.6. The summed E-state index contributed by atoms with van der Waals surface area (Å²) in [6.45, 7) is 2.29. The lowest BCUT2D eigenvalue weighted by atomic mass is 9.82. The van der Waals surface area contributed by atoms with E-state index in [0.29, 0.717) is 5.92 Å². The zero-order valence-electron chi connectivity index (χ0n) is 16.5. The molecule has 27 heavy (non-hydrogen) atoms. The molecule has 1 unspecified atom stereocenters. The standard InChI is InChI=1S/C27H30/c1-2-3-13-27(26-19-16-22-11-7-8-12-25(22)20-26)24-17-14-23(15-18-24)21-9-5-4-6-10-21/h4-6,9-10,14-20,27H,2-3,7-8,11-13H2,1H3. The Balaban J connectivity index is 1.64. The highest BCUT2D eigenvalue weighted by Gasteiger charge is 2.17. The lowest BCUT2D eigenvalue weighted by Crippen LogP contribution is -2.07. The van der Waals surface area contributed by atoms with Crippen molar-refractivity contribution in [3.05, 3.63) is 95.1 Å². The minimum Gasteiger partial charge on any atom is -0.0654 e. The van der Waals surface area contributed by atoms with Gasteiger partial charge in [0, 0.05) is 5.92 Å². The average Bonchev–Trinajstić information content (AvgIpc) is 2.75. The van der Waals surface area contributed by atoms with E-state index in [1.807, 2.05) is 0 Å². The molecule has 0 saturated carbocycles. The SMILES string of the molecule is CCCCC(c1ccc(-c2ccccc2)cc1)c1ccc2c(c1)CCCC2. The Morgan fingerprint density at radius 3 is 2.11 bits per heavy atom. The molecule has 4 rings (SSSR count). The number of hydrogen-bond donors (Lipinski definition) is 0. The maximum Gasteiger partial charge on any atom is 0.00894 e. The normalized spacial score (nSPS) is 14.6. The summed E-state index contributed by atoms with van der Waals surface area (Å²) >= 11 is 0. The van der Waals surface area contributed by atoms with Crippen LogP contribution in [0.15, 0.2) is 72.8 Å². The molecule has 0 aliphatic heterocycles. The van der Waals surface area contributed by atoms with Gasteiger partial charge in [0.05, 0.1) is 0 Å². The van der Waals surface area contributed by atoms with E-state index in [1.54, 1.807) is 11.1 Å². The van der Waals surface area contributed by atoms with Gasteiger partial charge < -0.3 is 0 Å². The highest BCUT2D eigenvalue weighted by molar-refractivity contribution is 5.63. The molecule has 0 spiro atoms. The van der Waals surface area contributed by atoms with Gasteiger partial charge in [-0.25, -0.2) is 0 Å². The Labute approximate surface area is 164 Å². The van der Waals surface area contributed by atoms with Gasteiger partial charge >= 0.3 is 0 Å². The van der Waals surface area contributed by atoms with Crippen LogP contribution in [0.3, 0.4) is 0 Å². The summed E-state index contributed by atoms with van der Waals surface area (Å²) in [4.78, 5) is 0. The van der Waals surface area contributed by atoms with E-state index in [-0.39, 0.29) is 0 Å². The van der Waals surface area contributed by atoms with Gasteiger partial charge in [0.2, 0.25) is 0 Å². The molecule has 0 heterocycles. The molecule has 138 valence electrons. The van der Waals surface area contributed by atoms with Gasteiger partial charge in [0.1, 0.15) is 0 Å². The number of aryl methyl sites for hydroxylation is 2. The number of fused-ring (bicyclic) bond motifs is 1. The molecule has 3 aromatic carbocycles. The van der Waals surface area contributed by atoms with Gasteiger partial charge in [-0.1, -0.05) is 92.6 Å². The third-order valence-corrected chi connectivity index (χ3v) is 6.04. The van der Waals surface area contributed by atoms with Crippen molar-refractivity contribution in [3.8, 4) is 11.1 Å². The van der Waals surface area contributed by atoms with E-state index < -0.39 is 0 Å². The maximum absolute atomic E-state index is 2.51. The fourth-order valence-corrected chi connectivity index (χ4v) is 4.44. The third kappa shape index (κ3) is 4.16. The molecule has 0 amide bonds. The molecule has 1 aliphatic rings. The fourth-order valence-electron chi connectivity index (χ4n) is 4.44. The molecule has 0 saturated heterocycles. The van der Waals surface area contributed by atoms with E-state index in [0.717, 1.165) is 0 Å². The van der Waals surface area contributed by atoms with Gasteiger partial charge in [-0.2, -0.15) is 0 Å². The first-order chi connectivity index (χ1) is 13.3. The molecule has 0 aromatic heterocycles. The Bertz CT molecular complexity index is 858. The van der Waals surface area contributed by atoms with Gasteiger partial charge in [0.25, 0.3) is 0 Å². The molecule has 1 aliphatic carbocycles. The van der Waals surface area contributed by atoms with Crippen LogP contribution in [0.1, 0.15) is 67.2 Å². The molecule has 0 nitrogen and oxygen atoms in total. The van der Waals surface area contributed by atoms with Crippen molar-refractivity contribution in [2.24, 2.45) is 0 Å². The minimum atomic E-state index is 0.516. The number of hydrogen-bond acceptors (Lipinski definition) is 0. The summed E-state index contributed by atoms with van der Waals surface area (Å²) < 4.78 is 0. The fraction of sp³-hybridized carbons (Fsp3) is 0.333. The topological polar surface area (TPSA) is 0 Å². The van der Waals surface area contributed by atoms with Gasteiger partial charge in [-0.15, -0.1) is 0 Å². The number of benzene rings is 3. The van der Waals surface area contributed by atoms with Crippen LogP contribution in [0.4, 0.5) is 0 Å². The van der Waals surface area contributed by atoms with Crippen LogP contribution < -0.4 is 0 Å². The van der Waals surface area contributed by atoms with Crippen LogP contribution in [0.2, 0.25) is 0 Å². The summed E-state index contributed by atoms with van der Waals surface area (Å²) in [5.41, 5.74) is 8.75. The van der Waals surface area contributed by atoms with Crippen LogP contribution in [-0.2, 0) is 12.8 Å². The molecular formula is C27H30. The van der Waals surface area contributed by atoms with Gasteiger partial charge in [-0.3, -0.25) is 0 Å². The first kappa shape index (κ1) is 18.0. The zero-order chi connectivity index (χ0) is 18.5. The largest absolute Gasteiger partial charge is 0.0654 e. The Morgan fingerprint density at radius 1 is 0.704 bits per heavy atom. The maximum atomic E-state index is 2.51. The lowest BCUT2D eigenvalue weighted by molar-refractivity contribution is 0.644. The smallest absolute Gasteiger partial charge is 0.00894 e. The summed E-state index contributed by atoms with van der Waals surface area (Å²) in [5.74, 6) is 0.516. The monoisotopic (exact) mass is 354 g/mol. The molecule has 3 aromatic rings. The predicted octanol–water partition coefficient (Wildman–Crippen LogP) is 7.55. The van der Waals surface area contributed by atoms with Crippen LogP contribution >= 0.6 is 0 Å². The van der Waals surface area contributed by atoms with Crippen LogP contribution in [0.25, 0.3) is 11.1 Å². The quantitative estimate of drug-likeness (QED) is 0.428. The van der Waals surface area contributed by atoms with E-state index in [2.05, 4.69) is 79.7 Å². The Hall–Kier alpha value is -2.34. The molecule has 0 N–H and O–H groups in total. The second-order valence-electron chi connectivity index (χ2n) is 7.92. The van der Waals surface area contributed by atoms with Crippen LogP contribution in [-0.4, -0.2) is 0 Å². The summed E-state index contributed by atoms with van der Waals surface area (Å²) in [7, 11) is 0. The van der Waals surface area contributed by atoms with Gasteiger partial charge in [-0.05, 0) is 65.5 Å². The molecule has 0 bridgehead atoms. The van der Waals surface area contributed by atoms with E-state index in [4.69, 9.17) is 0 Å². The molecule has 0 heteroatoms. The summed E-state index contributed by atoms with van der Waals surface area (Å²) in [6, 6.07) is 27.3. The zero-order valence-corrected chi connectivity index (χ0v) is 16.5. The minimum absolute atomic E-state index is 0.516. The van der Waals surface area contributed by atoms with Crippen molar-refractivity contribution in [3.63, 3.8) is 0 Å². The van der Waals surface area contributed by atoms with E-state index in [1.165, 1.54) is 67.2 Å². The number of unbranched alkanes of at least 4 members (excludes halogenated alkanes) is 1. The Morgan fingerprint density at radius 2 is 1.37 bits per heavy atom. The molecule has 0 radical (unpaired) electrons. The highest BCUT2D eigenvalue weighted by atomic mass is 14.2. The van der Waals surface area contributed by atoms with Crippen LogP contribution in [0.5, 0.6) is 0 Å². The number of rotatable bonds is 6. The summed E-state index contributed by atoms with van der Waals surface area (Å²) in [5, 5.41) is 0. The second kappa shape index (κ2) is 8.57. The molecule has 0 fully saturated rings. The van der Waals surface area contributed by atoms with Gasteiger partial charge in [0.15, 0.2) is 0 Å². The van der Waals surface area contributed by atoms with Crippen molar-refractivity contribution in [1.29, 1.82) is 0 Å².